The molecule has 0 bridgehead atoms. The lowest BCUT2D eigenvalue weighted by atomic mass is 10.0. The summed E-state index contributed by atoms with van der Waals surface area (Å²) in [5.41, 5.74) is 4.97. The van der Waals surface area contributed by atoms with Crippen LogP contribution in [-0.4, -0.2) is 6.61 Å². The van der Waals surface area contributed by atoms with Crippen molar-refractivity contribution in [2.75, 3.05) is 11.9 Å². The molecule has 4 aromatic rings. The third-order valence-electron chi connectivity index (χ3n) is 5.38. The number of hydrogen-bond donors (Lipinski definition) is 1. The number of para-hydroxylation sites is 1. The monoisotopic (exact) mass is 395 g/mol. The van der Waals surface area contributed by atoms with E-state index in [2.05, 4.69) is 85.0 Å². The van der Waals surface area contributed by atoms with Crippen LogP contribution in [0.25, 0.3) is 10.8 Å². The number of aryl methyl sites for hydroxylation is 1. The number of benzene rings is 4. The summed E-state index contributed by atoms with van der Waals surface area (Å²) >= 11 is 0. The second kappa shape index (κ2) is 9.98. The van der Waals surface area contributed by atoms with E-state index in [0.29, 0.717) is 6.61 Å². The van der Waals surface area contributed by atoms with Crippen molar-refractivity contribution in [1.82, 2.24) is 0 Å². The fourth-order valence-electron chi connectivity index (χ4n) is 3.75. The third kappa shape index (κ3) is 5.21. The van der Waals surface area contributed by atoms with Gasteiger partial charge in [0.05, 0.1) is 6.61 Å². The molecule has 2 nitrogen and oxygen atoms in total. The number of hydrogen-bond acceptors (Lipinski definition) is 2. The van der Waals surface area contributed by atoms with Gasteiger partial charge < -0.3 is 10.1 Å². The molecule has 30 heavy (non-hydrogen) atoms. The zero-order valence-electron chi connectivity index (χ0n) is 17.6. The Morgan fingerprint density at radius 2 is 1.47 bits per heavy atom. The molecule has 0 saturated heterocycles. The molecular formula is C28H29NO. The van der Waals surface area contributed by atoms with Gasteiger partial charge in [0.2, 0.25) is 0 Å². The van der Waals surface area contributed by atoms with Crippen molar-refractivity contribution in [1.29, 1.82) is 0 Å². The Morgan fingerprint density at radius 1 is 0.700 bits per heavy atom. The lowest BCUT2D eigenvalue weighted by molar-refractivity contribution is 0.318. The molecule has 0 unspecified atom stereocenters. The maximum atomic E-state index is 6.27. The van der Waals surface area contributed by atoms with Crippen molar-refractivity contribution >= 4 is 16.5 Å². The van der Waals surface area contributed by atoms with E-state index < -0.39 is 0 Å². The quantitative estimate of drug-likeness (QED) is 0.328. The topological polar surface area (TPSA) is 21.3 Å². The number of fused-ring (bicyclic) bond motifs is 1. The summed E-state index contributed by atoms with van der Waals surface area (Å²) in [6.07, 6.45) is 3.06. The summed E-state index contributed by atoms with van der Waals surface area (Å²) < 4.78 is 6.27. The molecular weight excluding hydrogens is 366 g/mol. The number of anilines is 1. The molecule has 0 amide bonds. The van der Waals surface area contributed by atoms with Crippen molar-refractivity contribution in [3.8, 4) is 5.75 Å². The van der Waals surface area contributed by atoms with Gasteiger partial charge in [-0.15, -0.1) is 0 Å². The highest BCUT2D eigenvalue weighted by atomic mass is 16.5. The van der Waals surface area contributed by atoms with Crippen LogP contribution in [0.3, 0.4) is 0 Å². The number of rotatable bonds is 9. The Kier molecular flexibility index (Phi) is 6.66. The van der Waals surface area contributed by atoms with E-state index in [9.17, 15) is 0 Å². The molecule has 0 atom stereocenters. The van der Waals surface area contributed by atoms with Gasteiger partial charge in [-0.3, -0.25) is 0 Å². The summed E-state index contributed by atoms with van der Waals surface area (Å²) in [6.45, 7) is 3.69. The molecule has 0 aromatic heterocycles. The van der Waals surface area contributed by atoms with Gasteiger partial charge in [0, 0.05) is 18.7 Å². The fourth-order valence-corrected chi connectivity index (χ4v) is 3.75. The van der Waals surface area contributed by atoms with Crippen molar-refractivity contribution in [3.05, 3.63) is 108 Å². The van der Waals surface area contributed by atoms with Crippen LogP contribution >= 0.6 is 0 Å². The molecule has 4 rings (SSSR count). The number of nitrogens with one attached hydrogen (secondary N) is 1. The van der Waals surface area contributed by atoms with Crippen LogP contribution in [0.1, 0.15) is 30.0 Å². The molecule has 4 aromatic carbocycles. The molecule has 0 fully saturated rings. The van der Waals surface area contributed by atoms with Gasteiger partial charge in [-0.1, -0.05) is 86.1 Å². The zero-order chi connectivity index (χ0) is 20.6. The van der Waals surface area contributed by atoms with Gasteiger partial charge in [0.1, 0.15) is 5.75 Å². The highest BCUT2D eigenvalue weighted by molar-refractivity contribution is 5.82. The van der Waals surface area contributed by atoms with Gasteiger partial charge >= 0.3 is 0 Å². The molecule has 1 N–H and O–H groups in total. The van der Waals surface area contributed by atoms with Crippen molar-refractivity contribution < 1.29 is 4.74 Å². The molecule has 0 heterocycles. The first-order chi connectivity index (χ1) is 14.8. The standard InChI is InChI=1S/C28H29NO/c1-2-8-25-16-14-23(21-29-27-11-4-3-5-12-27)20-28(25)30-18-17-22-13-15-24-9-6-7-10-26(24)19-22/h3-7,9-16,19-20,29H,2,8,17-18,21H2,1H3. The van der Waals surface area contributed by atoms with Gasteiger partial charge in [0.25, 0.3) is 0 Å². The predicted octanol–water partition coefficient (Wildman–Crippen LogP) is 7.03. The van der Waals surface area contributed by atoms with Crippen LogP contribution in [0.15, 0.2) is 91.0 Å². The Bertz CT molecular complexity index is 1090. The second-order valence-electron chi connectivity index (χ2n) is 7.69. The number of ether oxygens (including phenoxy) is 1. The highest BCUT2D eigenvalue weighted by Crippen LogP contribution is 2.24. The van der Waals surface area contributed by atoms with E-state index >= 15 is 0 Å². The average Bonchev–Trinajstić information content (AvgIpc) is 2.80. The first-order valence-corrected chi connectivity index (χ1v) is 10.8. The second-order valence-corrected chi connectivity index (χ2v) is 7.69. The Morgan fingerprint density at radius 3 is 2.30 bits per heavy atom. The Labute approximate surface area is 179 Å². The Hall–Kier alpha value is -3.26. The summed E-state index contributed by atoms with van der Waals surface area (Å²) in [7, 11) is 0. The van der Waals surface area contributed by atoms with Crippen LogP contribution in [0.2, 0.25) is 0 Å². The van der Waals surface area contributed by atoms with Crippen LogP contribution < -0.4 is 10.1 Å². The molecule has 0 aliphatic rings. The van der Waals surface area contributed by atoms with Crippen molar-refractivity contribution in [2.45, 2.75) is 32.7 Å². The molecule has 0 spiro atoms. The summed E-state index contributed by atoms with van der Waals surface area (Å²) in [6, 6.07) is 32.1. The van der Waals surface area contributed by atoms with Crippen LogP contribution in [0.4, 0.5) is 5.69 Å². The van der Waals surface area contributed by atoms with E-state index in [4.69, 9.17) is 4.74 Å². The minimum Gasteiger partial charge on any atom is -0.493 e. The third-order valence-corrected chi connectivity index (χ3v) is 5.38. The first kappa shape index (κ1) is 20.0. The van der Waals surface area contributed by atoms with Crippen LogP contribution in [0.5, 0.6) is 5.75 Å². The molecule has 0 saturated carbocycles. The SMILES string of the molecule is CCCc1ccc(CNc2ccccc2)cc1OCCc1ccc2ccccc2c1. The van der Waals surface area contributed by atoms with E-state index in [1.54, 1.807) is 0 Å². The molecule has 152 valence electrons. The normalized spacial score (nSPS) is 10.8. The van der Waals surface area contributed by atoms with Gasteiger partial charge in [-0.2, -0.15) is 0 Å². The van der Waals surface area contributed by atoms with Crippen LogP contribution in [0, 0.1) is 0 Å². The van der Waals surface area contributed by atoms with E-state index in [0.717, 1.165) is 37.2 Å². The summed E-state index contributed by atoms with van der Waals surface area (Å²) in [5, 5.41) is 6.05. The molecule has 2 heteroatoms. The maximum absolute atomic E-state index is 6.27. The first-order valence-electron chi connectivity index (χ1n) is 10.8. The van der Waals surface area contributed by atoms with E-state index in [1.165, 1.54) is 27.5 Å². The largest absolute Gasteiger partial charge is 0.493 e. The fraction of sp³-hybridized carbons (Fsp3) is 0.214. The lowest BCUT2D eigenvalue weighted by Crippen LogP contribution is -2.05. The predicted molar refractivity (Wildman–Crippen MR) is 127 cm³/mol. The average molecular weight is 396 g/mol. The van der Waals surface area contributed by atoms with E-state index in [1.807, 2.05) is 18.2 Å². The molecule has 0 aliphatic carbocycles. The van der Waals surface area contributed by atoms with Crippen molar-refractivity contribution in [3.63, 3.8) is 0 Å². The van der Waals surface area contributed by atoms with Gasteiger partial charge in [-0.25, -0.2) is 0 Å². The molecule has 0 radical (unpaired) electrons. The summed E-state index contributed by atoms with van der Waals surface area (Å²) in [5.74, 6) is 1.02. The smallest absolute Gasteiger partial charge is 0.122 e. The minimum atomic E-state index is 0.685. The molecule has 0 aliphatic heterocycles. The Balaban J connectivity index is 1.41. The highest BCUT2D eigenvalue weighted by Gasteiger charge is 2.06. The lowest BCUT2D eigenvalue weighted by Gasteiger charge is -2.14. The maximum Gasteiger partial charge on any atom is 0.122 e. The van der Waals surface area contributed by atoms with E-state index in [-0.39, 0.29) is 0 Å². The van der Waals surface area contributed by atoms with Crippen LogP contribution in [-0.2, 0) is 19.4 Å². The summed E-state index contributed by atoms with van der Waals surface area (Å²) in [4.78, 5) is 0. The minimum absolute atomic E-state index is 0.685. The zero-order valence-corrected chi connectivity index (χ0v) is 17.6. The van der Waals surface area contributed by atoms with Gasteiger partial charge in [-0.05, 0) is 52.1 Å². The van der Waals surface area contributed by atoms with Crippen molar-refractivity contribution in [2.24, 2.45) is 0 Å². The van der Waals surface area contributed by atoms with Gasteiger partial charge in [0.15, 0.2) is 0 Å².